The molecule has 1 saturated heterocycles. The second-order valence-electron chi connectivity index (χ2n) is 7.33. The van der Waals surface area contributed by atoms with Gasteiger partial charge in [0.1, 0.15) is 0 Å². The van der Waals surface area contributed by atoms with E-state index < -0.39 is 0 Å². The molecule has 0 saturated carbocycles. The Morgan fingerprint density at radius 2 is 2.10 bits per heavy atom. The van der Waals surface area contributed by atoms with E-state index in [9.17, 15) is 0 Å². The van der Waals surface area contributed by atoms with Crippen molar-refractivity contribution in [1.29, 1.82) is 0 Å². The van der Waals surface area contributed by atoms with Crippen molar-refractivity contribution >= 4 is 15.9 Å². The monoisotopic (exact) mass is 352 g/mol. The molecule has 1 aliphatic heterocycles. The predicted octanol–water partition coefficient (Wildman–Crippen LogP) is 4.44. The van der Waals surface area contributed by atoms with Crippen molar-refractivity contribution in [2.24, 2.45) is 5.41 Å². The van der Waals surface area contributed by atoms with Gasteiger partial charge in [0.05, 0.1) is 0 Å². The lowest BCUT2D eigenvalue weighted by Crippen LogP contribution is -2.59. The molecule has 2 atom stereocenters. The molecule has 0 aliphatic carbocycles. The first-order valence-corrected chi connectivity index (χ1v) is 8.91. The van der Waals surface area contributed by atoms with Crippen LogP contribution in [0.4, 0.5) is 0 Å². The molecule has 2 nitrogen and oxygen atoms in total. The van der Waals surface area contributed by atoms with E-state index in [-0.39, 0.29) is 0 Å². The van der Waals surface area contributed by atoms with Gasteiger partial charge in [0, 0.05) is 36.2 Å². The maximum atomic E-state index is 3.77. The Labute approximate surface area is 138 Å². The third-order valence-electron chi connectivity index (χ3n) is 4.48. The second-order valence-corrected chi connectivity index (χ2v) is 8.24. The third kappa shape index (κ3) is 4.80. The number of rotatable bonds is 4. The summed E-state index contributed by atoms with van der Waals surface area (Å²) in [5.41, 5.74) is 1.72. The van der Waals surface area contributed by atoms with Gasteiger partial charge < -0.3 is 5.32 Å². The fourth-order valence-electron chi connectivity index (χ4n) is 3.12. The standard InChI is InChI=1S/C18H29BrN2/c1-5-7-16-11-20-17(18(2,3)4)13-21(16)12-14-8-6-9-15(19)10-14/h6,8-10,16-17,20H,5,7,11-13H2,1-4H3. The number of hydrogen-bond acceptors (Lipinski definition) is 2. The van der Waals surface area contributed by atoms with E-state index in [4.69, 9.17) is 0 Å². The van der Waals surface area contributed by atoms with Crippen LogP contribution in [0, 0.1) is 5.41 Å². The number of benzene rings is 1. The van der Waals surface area contributed by atoms with Crippen LogP contribution in [0.5, 0.6) is 0 Å². The molecule has 0 amide bonds. The summed E-state index contributed by atoms with van der Waals surface area (Å²) in [6.45, 7) is 12.6. The summed E-state index contributed by atoms with van der Waals surface area (Å²) in [5, 5.41) is 3.77. The molecule has 118 valence electrons. The van der Waals surface area contributed by atoms with E-state index in [1.807, 2.05) is 0 Å². The van der Waals surface area contributed by atoms with Gasteiger partial charge in [-0.3, -0.25) is 4.90 Å². The van der Waals surface area contributed by atoms with Crippen LogP contribution in [0.15, 0.2) is 28.7 Å². The van der Waals surface area contributed by atoms with Crippen LogP contribution in [-0.4, -0.2) is 30.1 Å². The Morgan fingerprint density at radius 1 is 1.33 bits per heavy atom. The Morgan fingerprint density at radius 3 is 2.71 bits per heavy atom. The van der Waals surface area contributed by atoms with Crippen molar-refractivity contribution in [2.75, 3.05) is 13.1 Å². The minimum atomic E-state index is 0.312. The van der Waals surface area contributed by atoms with Gasteiger partial charge >= 0.3 is 0 Å². The summed E-state index contributed by atoms with van der Waals surface area (Å²) >= 11 is 3.59. The van der Waals surface area contributed by atoms with Gasteiger partial charge in [0.2, 0.25) is 0 Å². The lowest BCUT2D eigenvalue weighted by molar-refractivity contribution is 0.0748. The number of nitrogens with one attached hydrogen (secondary N) is 1. The van der Waals surface area contributed by atoms with E-state index >= 15 is 0 Å². The van der Waals surface area contributed by atoms with Gasteiger partial charge in [0.25, 0.3) is 0 Å². The van der Waals surface area contributed by atoms with E-state index in [0.717, 1.165) is 19.6 Å². The zero-order valence-corrected chi connectivity index (χ0v) is 15.4. The van der Waals surface area contributed by atoms with Crippen LogP contribution in [0.1, 0.15) is 46.1 Å². The van der Waals surface area contributed by atoms with Crippen molar-refractivity contribution in [2.45, 2.75) is 59.2 Å². The number of piperazine rings is 1. The summed E-state index contributed by atoms with van der Waals surface area (Å²) in [6, 6.07) is 9.95. The molecule has 0 aromatic heterocycles. The van der Waals surface area contributed by atoms with E-state index in [1.54, 1.807) is 0 Å². The van der Waals surface area contributed by atoms with E-state index in [0.29, 0.717) is 17.5 Å². The first-order valence-electron chi connectivity index (χ1n) is 8.12. The highest BCUT2D eigenvalue weighted by Crippen LogP contribution is 2.26. The van der Waals surface area contributed by atoms with E-state index in [1.165, 1.54) is 22.9 Å². The molecule has 1 heterocycles. The SMILES string of the molecule is CCCC1CNC(C(C)(C)C)CN1Cc1cccc(Br)c1. The molecular formula is C18H29BrN2. The highest BCUT2D eigenvalue weighted by atomic mass is 79.9. The molecule has 1 N–H and O–H groups in total. The topological polar surface area (TPSA) is 15.3 Å². The van der Waals surface area contributed by atoms with Crippen molar-refractivity contribution in [1.82, 2.24) is 10.2 Å². The molecule has 0 radical (unpaired) electrons. The van der Waals surface area contributed by atoms with Gasteiger partial charge in [-0.25, -0.2) is 0 Å². The summed E-state index contributed by atoms with van der Waals surface area (Å²) < 4.78 is 1.18. The predicted molar refractivity (Wildman–Crippen MR) is 94.5 cm³/mol. The molecular weight excluding hydrogens is 324 g/mol. The first-order chi connectivity index (χ1) is 9.90. The molecule has 0 bridgehead atoms. The van der Waals surface area contributed by atoms with Crippen molar-refractivity contribution in [3.05, 3.63) is 34.3 Å². The summed E-state index contributed by atoms with van der Waals surface area (Å²) in [7, 11) is 0. The van der Waals surface area contributed by atoms with Gasteiger partial charge in [-0.15, -0.1) is 0 Å². The van der Waals surface area contributed by atoms with Gasteiger partial charge in [-0.2, -0.15) is 0 Å². The average molecular weight is 353 g/mol. The largest absolute Gasteiger partial charge is 0.311 e. The van der Waals surface area contributed by atoms with Gasteiger partial charge in [-0.05, 0) is 29.5 Å². The number of halogens is 1. The highest BCUT2D eigenvalue weighted by molar-refractivity contribution is 9.10. The number of nitrogens with zero attached hydrogens (tertiary/aromatic N) is 1. The second kappa shape index (κ2) is 7.26. The van der Waals surface area contributed by atoms with E-state index in [2.05, 4.69) is 78.1 Å². The maximum absolute atomic E-state index is 3.77. The lowest BCUT2D eigenvalue weighted by Gasteiger charge is -2.45. The Bertz CT molecular complexity index is 453. The zero-order chi connectivity index (χ0) is 15.5. The average Bonchev–Trinajstić information content (AvgIpc) is 2.40. The highest BCUT2D eigenvalue weighted by Gasteiger charge is 2.33. The van der Waals surface area contributed by atoms with Crippen molar-refractivity contribution < 1.29 is 0 Å². The van der Waals surface area contributed by atoms with Crippen molar-refractivity contribution in [3.8, 4) is 0 Å². The van der Waals surface area contributed by atoms with Crippen LogP contribution in [0.2, 0.25) is 0 Å². The van der Waals surface area contributed by atoms with Crippen LogP contribution in [0.3, 0.4) is 0 Å². The first kappa shape index (κ1) is 17.0. The maximum Gasteiger partial charge on any atom is 0.0244 e. The van der Waals surface area contributed by atoms with Gasteiger partial charge in [-0.1, -0.05) is 62.2 Å². The molecule has 1 aromatic carbocycles. The minimum Gasteiger partial charge on any atom is -0.311 e. The number of hydrogen-bond donors (Lipinski definition) is 1. The Balaban J connectivity index is 2.10. The van der Waals surface area contributed by atoms with Crippen LogP contribution < -0.4 is 5.32 Å². The lowest BCUT2D eigenvalue weighted by atomic mass is 9.84. The molecule has 0 spiro atoms. The fraction of sp³-hybridized carbons (Fsp3) is 0.667. The Kier molecular flexibility index (Phi) is 5.87. The molecule has 21 heavy (non-hydrogen) atoms. The van der Waals surface area contributed by atoms with Gasteiger partial charge in [0.15, 0.2) is 0 Å². The summed E-state index contributed by atoms with van der Waals surface area (Å²) in [5.74, 6) is 0. The fourth-order valence-corrected chi connectivity index (χ4v) is 3.56. The van der Waals surface area contributed by atoms with Crippen LogP contribution in [0.25, 0.3) is 0 Å². The molecule has 2 unspecified atom stereocenters. The zero-order valence-electron chi connectivity index (χ0n) is 13.8. The van der Waals surface area contributed by atoms with Crippen LogP contribution >= 0.6 is 15.9 Å². The third-order valence-corrected chi connectivity index (χ3v) is 4.97. The molecule has 2 rings (SSSR count). The smallest absolute Gasteiger partial charge is 0.0244 e. The normalized spacial score (nSPS) is 24.2. The minimum absolute atomic E-state index is 0.312. The summed E-state index contributed by atoms with van der Waals surface area (Å²) in [6.07, 6.45) is 2.53. The van der Waals surface area contributed by atoms with Crippen LogP contribution in [-0.2, 0) is 6.54 Å². The Hall–Kier alpha value is -0.380. The molecule has 3 heteroatoms. The van der Waals surface area contributed by atoms with Crippen molar-refractivity contribution in [3.63, 3.8) is 0 Å². The molecule has 1 fully saturated rings. The molecule has 1 aromatic rings. The molecule has 1 aliphatic rings. The quantitative estimate of drug-likeness (QED) is 0.861. The summed E-state index contributed by atoms with van der Waals surface area (Å²) in [4.78, 5) is 2.68.